The first kappa shape index (κ1) is 14.8. The molecule has 2 heterocycles. The average Bonchev–Trinajstić information content (AvgIpc) is 2.93. The summed E-state index contributed by atoms with van der Waals surface area (Å²) in [5.41, 5.74) is -0.574. The van der Waals surface area contributed by atoms with Crippen LogP contribution in [-0.2, 0) is 9.59 Å². The zero-order valence-electron chi connectivity index (χ0n) is 13.2. The molecule has 1 aliphatic carbocycles. The lowest BCUT2D eigenvalue weighted by molar-refractivity contribution is -0.155. The van der Waals surface area contributed by atoms with E-state index in [2.05, 4.69) is 17.3 Å². The van der Waals surface area contributed by atoms with Gasteiger partial charge < -0.3 is 15.1 Å². The molecule has 1 atom stereocenters. The molecule has 0 aromatic carbocycles. The summed E-state index contributed by atoms with van der Waals surface area (Å²) in [5, 5.41) is 3.03. The van der Waals surface area contributed by atoms with E-state index in [1.807, 2.05) is 11.8 Å². The summed E-state index contributed by atoms with van der Waals surface area (Å²) in [6.07, 6.45) is 5.97. The van der Waals surface area contributed by atoms with Gasteiger partial charge in [-0.25, -0.2) is 0 Å². The van der Waals surface area contributed by atoms with Crippen LogP contribution < -0.4 is 5.32 Å². The van der Waals surface area contributed by atoms with E-state index in [-0.39, 0.29) is 17.9 Å². The third-order valence-electron chi connectivity index (χ3n) is 5.63. The monoisotopic (exact) mass is 293 g/mol. The van der Waals surface area contributed by atoms with Crippen LogP contribution in [0.2, 0.25) is 0 Å². The minimum atomic E-state index is -0.574. The number of piperidine rings is 1. The van der Waals surface area contributed by atoms with Crippen molar-refractivity contribution in [2.75, 3.05) is 26.7 Å². The van der Waals surface area contributed by atoms with Gasteiger partial charge in [0.2, 0.25) is 11.8 Å². The van der Waals surface area contributed by atoms with Gasteiger partial charge in [0.15, 0.2) is 0 Å². The Kier molecular flexibility index (Phi) is 3.95. The van der Waals surface area contributed by atoms with E-state index in [0.29, 0.717) is 5.92 Å². The molecular weight excluding hydrogens is 266 g/mol. The van der Waals surface area contributed by atoms with Crippen LogP contribution >= 0.6 is 0 Å². The van der Waals surface area contributed by atoms with Gasteiger partial charge in [0.25, 0.3) is 0 Å². The van der Waals surface area contributed by atoms with Gasteiger partial charge >= 0.3 is 0 Å². The van der Waals surface area contributed by atoms with Crippen molar-refractivity contribution in [2.45, 2.75) is 57.0 Å². The van der Waals surface area contributed by atoms with Crippen molar-refractivity contribution in [3.63, 3.8) is 0 Å². The fourth-order valence-corrected chi connectivity index (χ4v) is 4.07. The molecule has 118 valence electrons. The summed E-state index contributed by atoms with van der Waals surface area (Å²) in [7, 11) is 2.14. The van der Waals surface area contributed by atoms with E-state index < -0.39 is 5.54 Å². The lowest BCUT2D eigenvalue weighted by atomic mass is 9.89. The van der Waals surface area contributed by atoms with Crippen molar-refractivity contribution in [1.29, 1.82) is 0 Å². The van der Waals surface area contributed by atoms with Crippen molar-refractivity contribution in [2.24, 2.45) is 5.92 Å². The van der Waals surface area contributed by atoms with E-state index in [1.54, 1.807) is 0 Å². The van der Waals surface area contributed by atoms with Crippen LogP contribution in [0.4, 0.5) is 0 Å². The number of hydrogen-bond acceptors (Lipinski definition) is 3. The third-order valence-corrected chi connectivity index (χ3v) is 5.63. The Balaban J connectivity index is 1.72. The maximum atomic E-state index is 12.9. The Bertz CT molecular complexity index is 423. The summed E-state index contributed by atoms with van der Waals surface area (Å²) in [5.74, 6) is 0.743. The number of likely N-dealkylation sites (tertiary alicyclic amines) is 1. The molecule has 1 unspecified atom stereocenters. The standard InChI is InChI=1S/C16H27N3O2/c1-12-14(20)17-16(7-3-4-8-16)15(21)19(12)11-13-5-9-18(2)10-6-13/h12-13H,3-11H2,1-2H3,(H,17,20). The van der Waals surface area contributed by atoms with Crippen molar-refractivity contribution in [1.82, 2.24) is 15.1 Å². The molecule has 5 nitrogen and oxygen atoms in total. The Labute approximate surface area is 127 Å². The quantitative estimate of drug-likeness (QED) is 0.826. The van der Waals surface area contributed by atoms with Crippen molar-refractivity contribution >= 4 is 11.8 Å². The smallest absolute Gasteiger partial charge is 0.249 e. The number of nitrogens with one attached hydrogen (secondary N) is 1. The maximum Gasteiger partial charge on any atom is 0.249 e. The number of piperazine rings is 1. The third kappa shape index (κ3) is 2.68. The number of hydrogen-bond donors (Lipinski definition) is 1. The molecule has 2 saturated heterocycles. The van der Waals surface area contributed by atoms with E-state index >= 15 is 0 Å². The predicted octanol–water partition coefficient (Wildman–Crippen LogP) is 0.988. The second kappa shape index (κ2) is 5.59. The van der Waals surface area contributed by atoms with Crippen LogP contribution in [0.15, 0.2) is 0 Å². The molecule has 21 heavy (non-hydrogen) atoms. The Morgan fingerprint density at radius 2 is 1.81 bits per heavy atom. The molecular formula is C16H27N3O2. The van der Waals surface area contributed by atoms with E-state index in [4.69, 9.17) is 0 Å². The van der Waals surface area contributed by atoms with E-state index in [1.165, 1.54) is 0 Å². The van der Waals surface area contributed by atoms with Gasteiger partial charge in [-0.1, -0.05) is 12.8 Å². The molecule has 3 fully saturated rings. The molecule has 0 radical (unpaired) electrons. The predicted molar refractivity (Wildman–Crippen MR) is 80.7 cm³/mol. The lowest BCUT2D eigenvalue weighted by Crippen LogP contribution is -2.69. The normalized spacial score (nSPS) is 31.0. The summed E-state index contributed by atoms with van der Waals surface area (Å²) in [6.45, 7) is 4.81. The molecule has 0 aromatic rings. The van der Waals surface area contributed by atoms with Gasteiger partial charge in [-0.15, -0.1) is 0 Å². The highest BCUT2D eigenvalue weighted by molar-refractivity contribution is 5.99. The van der Waals surface area contributed by atoms with E-state index in [0.717, 1.165) is 58.2 Å². The number of carbonyl (C=O) groups is 2. The molecule has 1 N–H and O–H groups in total. The lowest BCUT2D eigenvalue weighted by Gasteiger charge is -2.45. The van der Waals surface area contributed by atoms with Crippen LogP contribution in [0.5, 0.6) is 0 Å². The summed E-state index contributed by atoms with van der Waals surface area (Å²) < 4.78 is 0. The number of carbonyl (C=O) groups excluding carboxylic acids is 2. The fraction of sp³-hybridized carbons (Fsp3) is 0.875. The second-order valence-corrected chi connectivity index (χ2v) is 7.16. The van der Waals surface area contributed by atoms with Crippen molar-refractivity contribution < 1.29 is 9.59 Å². The molecule has 1 spiro atoms. The number of rotatable bonds is 2. The van der Waals surface area contributed by atoms with Crippen molar-refractivity contribution in [3.8, 4) is 0 Å². The highest BCUT2D eigenvalue weighted by Gasteiger charge is 2.51. The maximum absolute atomic E-state index is 12.9. The topological polar surface area (TPSA) is 52.7 Å². The molecule has 2 amide bonds. The summed E-state index contributed by atoms with van der Waals surface area (Å²) in [6, 6.07) is -0.316. The number of amides is 2. The van der Waals surface area contributed by atoms with E-state index in [9.17, 15) is 9.59 Å². The molecule has 0 aromatic heterocycles. The van der Waals surface area contributed by atoms with Crippen LogP contribution in [0.25, 0.3) is 0 Å². The zero-order chi connectivity index (χ0) is 15.0. The highest BCUT2D eigenvalue weighted by Crippen LogP contribution is 2.35. The highest BCUT2D eigenvalue weighted by atomic mass is 16.2. The molecule has 3 aliphatic rings. The zero-order valence-corrected chi connectivity index (χ0v) is 13.2. The summed E-state index contributed by atoms with van der Waals surface area (Å²) in [4.78, 5) is 29.4. The first-order valence-electron chi connectivity index (χ1n) is 8.33. The van der Waals surface area contributed by atoms with Crippen LogP contribution in [-0.4, -0.2) is 59.9 Å². The minimum Gasteiger partial charge on any atom is -0.340 e. The second-order valence-electron chi connectivity index (χ2n) is 7.16. The minimum absolute atomic E-state index is 0.0319. The molecule has 3 rings (SSSR count). The first-order valence-corrected chi connectivity index (χ1v) is 8.33. The van der Waals surface area contributed by atoms with Gasteiger partial charge in [-0.2, -0.15) is 0 Å². The average molecular weight is 293 g/mol. The van der Waals surface area contributed by atoms with Gasteiger partial charge in [-0.05, 0) is 58.7 Å². The SMILES string of the molecule is CC1C(=O)NC2(CCCC2)C(=O)N1CC1CCN(C)CC1. The molecule has 5 heteroatoms. The van der Waals surface area contributed by atoms with Crippen LogP contribution in [0.3, 0.4) is 0 Å². The van der Waals surface area contributed by atoms with Gasteiger partial charge in [0.1, 0.15) is 11.6 Å². The Morgan fingerprint density at radius 3 is 2.43 bits per heavy atom. The fourth-order valence-electron chi connectivity index (χ4n) is 4.07. The largest absolute Gasteiger partial charge is 0.340 e. The van der Waals surface area contributed by atoms with Gasteiger partial charge in [-0.3, -0.25) is 9.59 Å². The van der Waals surface area contributed by atoms with Crippen LogP contribution in [0, 0.1) is 5.92 Å². The van der Waals surface area contributed by atoms with Gasteiger partial charge in [0, 0.05) is 6.54 Å². The Hall–Kier alpha value is -1.10. The summed E-state index contributed by atoms with van der Waals surface area (Å²) >= 11 is 0. The molecule has 2 aliphatic heterocycles. The Morgan fingerprint density at radius 1 is 1.19 bits per heavy atom. The van der Waals surface area contributed by atoms with Gasteiger partial charge in [0.05, 0.1) is 0 Å². The van der Waals surface area contributed by atoms with Crippen molar-refractivity contribution in [3.05, 3.63) is 0 Å². The molecule has 0 bridgehead atoms. The molecule has 1 saturated carbocycles. The van der Waals surface area contributed by atoms with Crippen LogP contribution in [0.1, 0.15) is 45.4 Å². The number of nitrogens with zero attached hydrogens (tertiary/aromatic N) is 2. The first-order chi connectivity index (χ1) is 10.0.